The summed E-state index contributed by atoms with van der Waals surface area (Å²) in [5.74, 6) is 0.425. The lowest BCUT2D eigenvalue weighted by molar-refractivity contribution is 0.493. The molecule has 0 radical (unpaired) electrons. The molecule has 0 unspecified atom stereocenters. The van der Waals surface area contributed by atoms with Crippen LogP contribution in [0.25, 0.3) is 65.5 Å². The van der Waals surface area contributed by atoms with Crippen LogP contribution in [0.2, 0.25) is 0 Å². The Morgan fingerprint density at radius 2 is 1.07 bits per heavy atom. The summed E-state index contributed by atoms with van der Waals surface area (Å²) in [4.78, 5) is 29.1. The van der Waals surface area contributed by atoms with Crippen molar-refractivity contribution in [2.24, 2.45) is 0 Å². The summed E-state index contributed by atoms with van der Waals surface area (Å²) < 4.78 is 0. The minimum atomic E-state index is 0.0763. The lowest BCUT2D eigenvalue weighted by Crippen LogP contribution is -2.15. The fraction of sp³-hybridized carbons (Fsp3) is 0.263. The molecule has 0 aliphatic carbocycles. The molecule has 7 rings (SSSR count). The van der Waals surface area contributed by atoms with Gasteiger partial charge in [0.1, 0.15) is 0 Å². The summed E-state index contributed by atoms with van der Waals surface area (Å²) in [7, 11) is 0. The first-order valence-electron chi connectivity index (χ1n) is 15.6. The largest absolute Gasteiger partial charge is 0.358 e. The topological polar surface area (TPSA) is 83.1 Å². The van der Waals surface area contributed by atoms with Crippen LogP contribution in [0.3, 0.4) is 0 Å². The van der Waals surface area contributed by atoms with Crippen molar-refractivity contribution >= 4 is 33.4 Å². The third-order valence-electron chi connectivity index (χ3n) is 9.40. The van der Waals surface area contributed by atoms with Gasteiger partial charge < -0.3 is 9.97 Å². The van der Waals surface area contributed by atoms with E-state index in [1.54, 1.807) is 36.1 Å². The molecule has 0 spiro atoms. The molecule has 6 nitrogen and oxygen atoms in total. The van der Waals surface area contributed by atoms with Gasteiger partial charge in [0.2, 0.25) is 0 Å². The highest BCUT2D eigenvalue weighted by molar-refractivity contribution is 7.19. The number of aromatic nitrogens is 6. The maximum atomic E-state index is 4.88. The number of hydrogen-bond acceptors (Lipinski definition) is 5. The molecule has 0 bridgehead atoms. The molecule has 0 aliphatic rings. The van der Waals surface area contributed by atoms with Gasteiger partial charge in [0, 0.05) is 85.0 Å². The summed E-state index contributed by atoms with van der Waals surface area (Å²) in [6.07, 6.45) is 8.20. The van der Waals surface area contributed by atoms with E-state index in [1.807, 2.05) is 0 Å². The van der Waals surface area contributed by atoms with Crippen LogP contribution in [-0.2, 0) is 5.41 Å². The Kier molecular flexibility index (Phi) is 7.16. The fourth-order valence-electron chi connectivity index (χ4n) is 6.07. The molecule has 5 aromatic heterocycles. The summed E-state index contributed by atoms with van der Waals surface area (Å²) in [5.41, 5.74) is 15.1. The molecule has 7 aromatic rings. The average Bonchev–Trinajstić information content (AvgIpc) is 3.81. The maximum Gasteiger partial charge on any atom is 0.0986 e. The average molecular weight is 611 g/mol. The third-order valence-corrected chi connectivity index (χ3v) is 10.9. The van der Waals surface area contributed by atoms with Crippen molar-refractivity contribution in [2.45, 2.75) is 66.2 Å². The second kappa shape index (κ2) is 11.1. The zero-order valence-corrected chi connectivity index (χ0v) is 27.7. The number of hydrogen-bond donors (Lipinski definition) is 2. The summed E-state index contributed by atoms with van der Waals surface area (Å²) in [6, 6.07) is 17.4. The molecular weight excluding hydrogens is 573 g/mol. The Balaban J connectivity index is 1.35. The van der Waals surface area contributed by atoms with Crippen molar-refractivity contribution in [3.8, 4) is 43.4 Å². The van der Waals surface area contributed by atoms with E-state index in [0.717, 1.165) is 62.1 Å². The van der Waals surface area contributed by atoms with E-state index in [-0.39, 0.29) is 5.41 Å². The molecular formula is C38H38N6S. The molecule has 0 amide bonds. The Morgan fingerprint density at radius 1 is 0.622 bits per heavy atom. The molecule has 0 saturated heterocycles. The van der Waals surface area contributed by atoms with Gasteiger partial charge in [-0.1, -0.05) is 46.8 Å². The van der Waals surface area contributed by atoms with Gasteiger partial charge in [-0.3, -0.25) is 19.9 Å². The van der Waals surface area contributed by atoms with Crippen molar-refractivity contribution in [1.29, 1.82) is 0 Å². The number of fused-ring (bicyclic) bond motifs is 2. The zero-order valence-electron chi connectivity index (χ0n) is 26.9. The van der Waals surface area contributed by atoms with E-state index in [4.69, 9.17) is 19.9 Å². The van der Waals surface area contributed by atoms with Crippen LogP contribution >= 0.6 is 11.3 Å². The first-order chi connectivity index (χ1) is 21.7. The standard InChI is InChI=1S/C38H38N6S/c1-8-38(6,7)31-16-15-30(44-31)25-10-12-27(35-33(25)40-18-20-42-35)37-23(5)22(4)36(45-37)26-11-9-24(32-34(26)41-19-17-39-32)29-14-13-28(43-29)21(2)3/h9-21,43-44H,8H2,1-7H3. The number of rotatable bonds is 7. The monoisotopic (exact) mass is 610 g/mol. The van der Waals surface area contributed by atoms with Gasteiger partial charge in [-0.05, 0) is 73.7 Å². The molecule has 7 heteroatoms. The number of H-pyrrole nitrogens is 2. The highest BCUT2D eigenvalue weighted by atomic mass is 32.1. The highest BCUT2D eigenvalue weighted by Crippen LogP contribution is 2.46. The molecule has 226 valence electrons. The molecule has 0 saturated carbocycles. The predicted molar refractivity (Wildman–Crippen MR) is 188 cm³/mol. The van der Waals surface area contributed by atoms with E-state index in [0.29, 0.717) is 5.92 Å². The minimum absolute atomic E-state index is 0.0763. The van der Waals surface area contributed by atoms with Gasteiger partial charge in [0.15, 0.2) is 0 Å². The van der Waals surface area contributed by atoms with E-state index in [2.05, 4.69) is 107 Å². The molecule has 0 fully saturated rings. The van der Waals surface area contributed by atoms with Crippen LogP contribution in [0, 0.1) is 13.8 Å². The first-order valence-corrected chi connectivity index (χ1v) is 16.5. The SMILES string of the molecule is CCC(C)(C)c1ccc(-c2ccc(-c3sc(-c4ccc(-c5ccc(C(C)C)[nH]5)c5nccnc45)c(C)c3C)c3nccnc23)[nH]1. The Morgan fingerprint density at radius 3 is 1.53 bits per heavy atom. The lowest BCUT2D eigenvalue weighted by atomic mass is 9.87. The number of aromatic amines is 2. The Hall–Kier alpha value is -4.62. The van der Waals surface area contributed by atoms with Crippen molar-refractivity contribution in [2.75, 3.05) is 0 Å². The van der Waals surface area contributed by atoms with Crippen LogP contribution in [0.4, 0.5) is 0 Å². The molecule has 5 heterocycles. The van der Waals surface area contributed by atoms with Gasteiger partial charge in [-0.25, -0.2) is 0 Å². The van der Waals surface area contributed by atoms with Crippen molar-refractivity contribution < 1.29 is 0 Å². The predicted octanol–water partition coefficient (Wildman–Crippen LogP) is 10.4. The van der Waals surface area contributed by atoms with Crippen LogP contribution in [0.15, 0.2) is 73.3 Å². The second-order valence-electron chi connectivity index (χ2n) is 12.8. The third kappa shape index (κ3) is 4.86. The van der Waals surface area contributed by atoms with Gasteiger partial charge in [-0.2, -0.15) is 0 Å². The minimum Gasteiger partial charge on any atom is -0.358 e. The Bertz CT molecular complexity index is 2200. The smallest absolute Gasteiger partial charge is 0.0986 e. The molecule has 0 atom stereocenters. The normalized spacial score (nSPS) is 12.2. The first kappa shape index (κ1) is 29.1. The van der Waals surface area contributed by atoms with Crippen LogP contribution < -0.4 is 0 Å². The molecule has 45 heavy (non-hydrogen) atoms. The number of nitrogens with one attached hydrogen (secondary N) is 2. The second-order valence-corrected chi connectivity index (χ2v) is 13.9. The van der Waals surface area contributed by atoms with Crippen LogP contribution in [0.5, 0.6) is 0 Å². The quantitative estimate of drug-likeness (QED) is 0.188. The summed E-state index contributed by atoms with van der Waals surface area (Å²) >= 11 is 1.79. The van der Waals surface area contributed by atoms with Crippen molar-refractivity contribution in [3.63, 3.8) is 0 Å². The summed E-state index contributed by atoms with van der Waals surface area (Å²) in [6.45, 7) is 15.6. The maximum absolute atomic E-state index is 4.88. The van der Waals surface area contributed by atoms with E-state index < -0.39 is 0 Å². The number of benzene rings is 2. The lowest BCUT2D eigenvalue weighted by Gasteiger charge is -2.21. The molecule has 0 aliphatic heterocycles. The summed E-state index contributed by atoms with van der Waals surface area (Å²) in [5, 5.41) is 0. The fourth-order valence-corrected chi connectivity index (χ4v) is 7.43. The van der Waals surface area contributed by atoms with E-state index in [1.165, 1.54) is 32.3 Å². The van der Waals surface area contributed by atoms with Crippen LogP contribution in [-0.4, -0.2) is 29.9 Å². The highest BCUT2D eigenvalue weighted by Gasteiger charge is 2.23. The number of thiophene rings is 1. The van der Waals surface area contributed by atoms with Gasteiger partial charge >= 0.3 is 0 Å². The van der Waals surface area contributed by atoms with Gasteiger partial charge in [0.25, 0.3) is 0 Å². The Labute approximate surface area is 268 Å². The molecule has 2 N–H and O–H groups in total. The van der Waals surface area contributed by atoms with Crippen molar-refractivity contribution in [1.82, 2.24) is 29.9 Å². The van der Waals surface area contributed by atoms with E-state index >= 15 is 0 Å². The van der Waals surface area contributed by atoms with Crippen LogP contribution in [0.1, 0.15) is 69.5 Å². The van der Waals surface area contributed by atoms with Gasteiger partial charge in [-0.15, -0.1) is 11.3 Å². The number of nitrogens with zero attached hydrogens (tertiary/aromatic N) is 4. The zero-order chi connectivity index (χ0) is 31.5. The van der Waals surface area contributed by atoms with Crippen molar-refractivity contribution in [3.05, 3.63) is 95.8 Å². The van der Waals surface area contributed by atoms with Gasteiger partial charge in [0.05, 0.1) is 22.1 Å². The molecule has 2 aromatic carbocycles. The van der Waals surface area contributed by atoms with E-state index in [9.17, 15) is 0 Å².